The Kier molecular flexibility index (Phi) is 6.49. The van der Waals surface area contributed by atoms with Crippen molar-refractivity contribution in [3.8, 4) is 0 Å². The predicted octanol–water partition coefficient (Wildman–Crippen LogP) is 1.78. The number of rotatable bonds is 7. The maximum Gasteiger partial charge on any atom is 0.254 e. The van der Waals surface area contributed by atoms with E-state index in [-0.39, 0.29) is 5.91 Å². The molecule has 5 nitrogen and oxygen atoms in total. The highest BCUT2D eigenvalue weighted by atomic mass is 32.2. The molecule has 0 unspecified atom stereocenters. The number of carbonyl (C=O) groups excluding carboxylic acids is 1. The molecule has 100 valence electrons. The van der Waals surface area contributed by atoms with Crippen molar-refractivity contribution >= 4 is 23.6 Å². The van der Waals surface area contributed by atoms with Gasteiger partial charge in [0.25, 0.3) is 5.91 Å². The Hall–Kier alpha value is -1.30. The topological polar surface area (TPSA) is 66.9 Å². The summed E-state index contributed by atoms with van der Waals surface area (Å²) in [6.45, 7) is 7.67. The molecule has 1 aromatic rings. The second-order valence-electron chi connectivity index (χ2n) is 4.00. The van der Waals surface area contributed by atoms with E-state index < -0.39 is 0 Å². The molecule has 0 bridgehead atoms. The number of nitrogens with zero attached hydrogens (tertiary/aromatic N) is 2. The van der Waals surface area contributed by atoms with Crippen LogP contribution in [0.3, 0.4) is 0 Å². The van der Waals surface area contributed by atoms with E-state index in [9.17, 15) is 4.79 Å². The highest BCUT2D eigenvalue weighted by molar-refractivity contribution is 7.99. The van der Waals surface area contributed by atoms with Crippen molar-refractivity contribution < 1.29 is 4.79 Å². The lowest BCUT2D eigenvalue weighted by molar-refractivity contribution is 0.0955. The van der Waals surface area contributed by atoms with Crippen LogP contribution in [0.5, 0.6) is 0 Å². The van der Waals surface area contributed by atoms with Crippen LogP contribution in [0, 0.1) is 0 Å². The van der Waals surface area contributed by atoms with Gasteiger partial charge in [-0.25, -0.2) is 9.97 Å². The van der Waals surface area contributed by atoms with Crippen molar-refractivity contribution in [1.29, 1.82) is 0 Å². The maximum absolute atomic E-state index is 11.7. The third kappa shape index (κ3) is 5.35. The number of hydrogen-bond donors (Lipinski definition) is 2. The summed E-state index contributed by atoms with van der Waals surface area (Å²) in [5.41, 5.74) is 0.492. The molecule has 0 aliphatic carbocycles. The predicted molar refractivity (Wildman–Crippen MR) is 76.1 cm³/mol. The molecule has 0 fully saturated rings. The summed E-state index contributed by atoms with van der Waals surface area (Å²) in [5, 5.41) is 6.41. The summed E-state index contributed by atoms with van der Waals surface area (Å²) in [6.07, 6.45) is 3.08. The second-order valence-corrected chi connectivity index (χ2v) is 5.69. The highest BCUT2D eigenvalue weighted by Crippen LogP contribution is 2.07. The van der Waals surface area contributed by atoms with Gasteiger partial charge in [0.2, 0.25) is 5.95 Å². The molecule has 18 heavy (non-hydrogen) atoms. The van der Waals surface area contributed by atoms with Crippen molar-refractivity contribution in [2.45, 2.75) is 26.0 Å². The molecule has 6 heteroatoms. The molecule has 0 saturated heterocycles. The summed E-state index contributed by atoms with van der Waals surface area (Å²) >= 11 is 1.82. The highest BCUT2D eigenvalue weighted by Gasteiger charge is 2.06. The third-order valence-electron chi connectivity index (χ3n) is 2.09. The van der Waals surface area contributed by atoms with Crippen molar-refractivity contribution in [2.75, 3.05) is 24.2 Å². The Labute approximate surface area is 112 Å². The summed E-state index contributed by atoms with van der Waals surface area (Å²) in [6, 6.07) is 0. The molecule has 1 aromatic heterocycles. The maximum atomic E-state index is 11.7. The van der Waals surface area contributed by atoms with E-state index in [4.69, 9.17) is 0 Å². The minimum absolute atomic E-state index is 0.123. The standard InChI is InChI=1S/C12H20N4OS/c1-4-13-12-15-7-10(8-16-12)11(17)14-5-6-18-9(2)3/h7-9H,4-6H2,1-3H3,(H,14,17)(H,13,15,16). The van der Waals surface area contributed by atoms with Crippen LogP contribution in [0.1, 0.15) is 31.1 Å². The number of carbonyl (C=O) groups is 1. The Bertz CT molecular complexity index is 367. The van der Waals surface area contributed by atoms with Gasteiger partial charge in [0.15, 0.2) is 0 Å². The fourth-order valence-corrected chi connectivity index (χ4v) is 1.95. The fourth-order valence-electron chi connectivity index (χ4n) is 1.26. The summed E-state index contributed by atoms with van der Waals surface area (Å²) in [5.74, 6) is 1.34. The normalized spacial score (nSPS) is 10.4. The van der Waals surface area contributed by atoms with Crippen LogP contribution in [0.15, 0.2) is 12.4 Å². The van der Waals surface area contributed by atoms with Gasteiger partial charge in [-0.1, -0.05) is 13.8 Å². The van der Waals surface area contributed by atoms with E-state index in [1.807, 2.05) is 18.7 Å². The third-order valence-corrected chi connectivity index (χ3v) is 3.19. The van der Waals surface area contributed by atoms with Gasteiger partial charge in [-0.15, -0.1) is 0 Å². The molecule has 0 aromatic carbocycles. The minimum atomic E-state index is -0.123. The zero-order valence-corrected chi connectivity index (χ0v) is 11.9. The molecule has 2 N–H and O–H groups in total. The van der Waals surface area contributed by atoms with Gasteiger partial charge in [-0.3, -0.25) is 4.79 Å². The van der Waals surface area contributed by atoms with Gasteiger partial charge < -0.3 is 10.6 Å². The molecule has 1 rings (SSSR count). The van der Waals surface area contributed by atoms with Crippen molar-refractivity contribution in [3.05, 3.63) is 18.0 Å². The van der Waals surface area contributed by atoms with E-state index >= 15 is 0 Å². The van der Waals surface area contributed by atoms with Crippen LogP contribution in [0.2, 0.25) is 0 Å². The van der Waals surface area contributed by atoms with E-state index in [1.54, 1.807) is 0 Å². The van der Waals surface area contributed by atoms with Crippen molar-refractivity contribution in [1.82, 2.24) is 15.3 Å². The molecule has 0 spiro atoms. The van der Waals surface area contributed by atoms with E-state index in [0.717, 1.165) is 12.3 Å². The van der Waals surface area contributed by atoms with E-state index in [2.05, 4.69) is 34.4 Å². The average molecular weight is 268 g/mol. The zero-order chi connectivity index (χ0) is 13.4. The van der Waals surface area contributed by atoms with Gasteiger partial charge in [0, 0.05) is 31.2 Å². The lowest BCUT2D eigenvalue weighted by Crippen LogP contribution is -2.26. The SMILES string of the molecule is CCNc1ncc(C(=O)NCCSC(C)C)cn1. The monoisotopic (exact) mass is 268 g/mol. The first-order valence-electron chi connectivity index (χ1n) is 6.09. The van der Waals surface area contributed by atoms with E-state index in [1.165, 1.54) is 12.4 Å². The smallest absolute Gasteiger partial charge is 0.254 e. The van der Waals surface area contributed by atoms with Crippen LogP contribution in [-0.4, -0.2) is 40.0 Å². The molecule has 0 atom stereocenters. The average Bonchev–Trinajstić information content (AvgIpc) is 2.35. The number of thioether (sulfide) groups is 1. The molecule has 0 saturated carbocycles. The number of hydrogen-bond acceptors (Lipinski definition) is 5. The Balaban J connectivity index is 2.37. The van der Waals surface area contributed by atoms with Crippen LogP contribution in [0.25, 0.3) is 0 Å². The zero-order valence-electron chi connectivity index (χ0n) is 11.1. The van der Waals surface area contributed by atoms with Gasteiger partial charge in [-0.05, 0) is 12.2 Å². The van der Waals surface area contributed by atoms with E-state index in [0.29, 0.717) is 23.3 Å². The lowest BCUT2D eigenvalue weighted by atomic mass is 10.3. The fraction of sp³-hybridized carbons (Fsp3) is 0.583. The Morgan fingerprint density at radius 2 is 2.06 bits per heavy atom. The first-order valence-corrected chi connectivity index (χ1v) is 7.14. The molecule has 1 amide bonds. The minimum Gasteiger partial charge on any atom is -0.355 e. The quantitative estimate of drug-likeness (QED) is 0.738. The van der Waals surface area contributed by atoms with Crippen LogP contribution in [0.4, 0.5) is 5.95 Å². The Morgan fingerprint density at radius 1 is 1.39 bits per heavy atom. The molecule has 0 radical (unpaired) electrons. The first-order chi connectivity index (χ1) is 8.63. The van der Waals surface area contributed by atoms with Crippen LogP contribution < -0.4 is 10.6 Å². The van der Waals surface area contributed by atoms with Crippen molar-refractivity contribution in [3.63, 3.8) is 0 Å². The first kappa shape index (κ1) is 14.8. The number of nitrogens with one attached hydrogen (secondary N) is 2. The van der Waals surface area contributed by atoms with Crippen LogP contribution >= 0.6 is 11.8 Å². The summed E-state index contributed by atoms with van der Waals surface area (Å²) in [7, 11) is 0. The largest absolute Gasteiger partial charge is 0.355 e. The van der Waals surface area contributed by atoms with Crippen LogP contribution in [-0.2, 0) is 0 Å². The number of aromatic nitrogens is 2. The van der Waals surface area contributed by atoms with Gasteiger partial charge in [0.05, 0.1) is 5.56 Å². The Morgan fingerprint density at radius 3 is 2.61 bits per heavy atom. The lowest BCUT2D eigenvalue weighted by Gasteiger charge is -2.07. The second kappa shape index (κ2) is 7.92. The number of amides is 1. The van der Waals surface area contributed by atoms with Crippen molar-refractivity contribution in [2.24, 2.45) is 0 Å². The molecule has 1 heterocycles. The molecule has 0 aliphatic rings. The molecular formula is C12H20N4OS. The molecular weight excluding hydrogens is 248 g/mol. The van der Waals surface area contributed by atoms with Gasteiger partial charge in [-0.2, -0.15) is 11.8 Å². The molecule has 0 aliphatic heterocycles. The number of anilines is 1. The summed E-state index contributed by atoms with van der Waals surface area (Å²) < 4.78 is 0. The van der Waals surface area contributed by atoms with Gasteiger partial charge >= 0.3 is 0 Å². The summed E-state index contributed by atoms with van der Waals surface area (Å²) in [4.78, 5) is 19.9. The van der Waals surface area contributed by atoms with Gasteiger partial charge in [0.1, 0.15) is 0 Å².